The number of aliphatic hydroxyl groups excluding tert-OH is 1. The Hall–Kier alpha value is -0.420. The highest BCUT2D eigenvalue weighted by molar-refractivity contribution is 5.25. The molecule has 17 heavy (non-hydrogen) atoms. The maximum atomic E-state index is 9.99. The Labute approximate surface area is 103 Å². The van der Waals surface area contributed by atoms with Crippen LogP contribution in [0, 0.1) is 11.3 Å². The zero-order valence-corrected chi connectivity index (χ0v) is 10.8. The molecule has 1 aliphatic heterocycles. The third kappa shape index (κ3) is 1.74. The van der Waals surface area contributed by atoms with Crippen molar-refractivity contribution in [2.75, 3.05) is 20.5 Å². The van der Waals surface area contributed by atoms with Crippen LogP contribution in [0.4, 0.5) is 0 Å². The molecule has 4 heteroatoms. The minimum absolute atomic E-state index is 0.126. The highest BCUT2D eigenvalue weighted by Gasteiger charge is 2.72. The molecule has 98 valence electrons. The number of methoxy groups -OCH3 is 1. The maximum Gasteiger partial charge on any atom is 0.146 e. The summed E-state index contributed by atoms with van der Waals surface area (Å²) in [5.41, 5.74) is -0.588. The molecule has 0 aromatic rings. The van der Waals surface area contributed by atoms with Gasteiger partial charge in [0.2, 0.25) is 0 Å². The Kier molecular flexibility index (Phi) is 3.34. The van der Waals surface area contributed by atoms with Crippen LogP contribution in [-0.2, 0) is 14.2 Å². The largest absolute Gasteiger partial charge is 0.390 e. The predicted octanol–water partition coefficient (Wildman–Crippen LogP) is 1.34. The Bertz CT molecular complexity index is 306. The van der Waals surface area contributed by atoms with Gasteiger partial charge in [-0.2, -0.15) is 0 Å². The van der Waals surface area contributed by atoms with Crippen molar-refractivity contribution in [1.82, 2.24) is 0 Å². The summed E-state index contributed by atoms with van der Waals surface area (Å²) in [6.07, 6.45) is 2.17. The van der Waals surface area contributed by atoms with Gasteiger partial charge in [-0.1, -0.05) is 19.9 Å². The van der Waals surface area contributed by atoms with Gasteiger partial charge in [0, 0.05) is 12.5 Å². The topological polar surface area (TPSA) is 51.2 Å². The molecular formula is C13H22O4. The van der Waals surface area contributed by atoms with Gasteiger partial charge < -0.3 is 19.3 Å². The van der Waals surface area contributed by atoms with E-state index in [0.29, 0.717) is 12.5 Å². The number of aliphatic hydroxyl groups is 1. The second-order valence-corrected chi connectivity index (χ2v) is 5.37. The van der Waals surface area contributed by atoms with Gasteiger partial charge in [0.05, 0.1) is 12.7 Å². The van der Waals surface area contributed by atoms with Crippen LogP contribution in [0.5, 0.6) is 0 Å². The lowest BCUT2D eigenvalue weighted by Crippen LogP contribution is -2.51. The first-order valence-electron chi connectivity index (χ1n) is 6.08. The maximum absolute atomic E-state index is 9.99. The lowest BCUT2D eigenvalue weighted by molar-refractivity contribution is -0.0757. The fraction of sp³-hybridized carbons (Fsp3) is 0.846. The van der Waals surface area contributed by atoms with Crippen molar-refractivity contribution < 1.29 is 19.3 Å². The molecule has 0 aromatic heterocycles. The molecule has 0 bridgehead atoms. The van der Waals surface area contributed by atoms with Crippen molar-refractivity contribution >= 4 is 0 Å². The van der Waals surface area contributed by atoms with Crippen molar-refractivity contribution in [2.45, 2.75) is 38.1 Å². The third-order valence-electron chi connectivity index (χ3n) is 4.56. The molecule has 4 nitrogen and oxygen atoms in total. The lowest BCUT2D eigenvalue weighted by atomic mass is 9.61. The zero-order chi connectivity index (χ0) is 12.7. The number of hydrogen-bond donors (Lipinski definition) is 1. The van der Waals surface area contributed by atoms with Gasteiger partial charge in [0.25, 0.3) is 0 Å². The second-order valence-electron chi connectivity index (χ2n) is 5.37. The zero-order valence-electron chi connectivity index (χ0n) is 10.8. The summed E-state index contributed by atoms with van der Waals surface area (Å²) in [4.78, 5) is 0. The molecule has 2 fully saturated rings. The van der Waals surface area contributed by atoms with Gasteiger partial charge >= 0.3 is 0 Å². The van der Waals surface area contributed by atoms with Crippen LogP contribution in [0.15, 0.2) is 12.7 Å². The van der Waals surface area contributed by atoms with Crippen LogP contribution in [0.25, 0.3) is 0 Å². The third-order valence-corrected chi connectivity index (χ3v) is 4.56. The van der Waals surface area contributed by atoms with Gasteiger partial charge in [-0.25, -0.2) is 0 Å². The minimum atomic E-state index is -0.426. The van der Waals surface area contributed by atoms with E-state index < -0.39 is 11.7 Å². The number of epoxide rings is 1. The molecule has 1 aliphatic carbocycles. The van der Waals surface area contributed by atoms with Crippen LogP contribution >= 0.6 is 0 Å². The summed E-state index contributed by atoms with van der Waals surface area (Å²) < 4.78 is 16.1. The number of hydrogen-bond acceptors (Lipinski definition) is 4. The lowest BCUT2D eigenvalue weighted by Gasteiger charge is -2.43. The average Bonchev–Trinajstić information content (AvgIpc) is 3.04. The molecule has 2 aliphatic rings. The van der Waals surface area contributed by atoms with Gasteiger partial charge in [0.1, 0.15) is 18.5 Å². The van der Waals surface area contributed by atoms with E-state index in [4.69, 9.17) is 14.2 Å². The fourth-order valence-electron chi connectivity index (χ4n) is 3.09. The number of rotatable bonds is 5. The normalized spacial score (nSPS) is 48.6. The average molecular weight is 242 g/mol. The molecule has 0 radical (unpaired) electrons. The van der Waals surface area contributed by atoms with Gasteiger partial charge in [0.15, 0.2) is 0 Å². The number of ether oxygens (including phenoxy) is 3. The van der Waals surface area contributed by atoms with Crippen molar-refractivity contribution in [3.8, 4) is 0 Å². The quantitative estimate of drug-likeness (QED) is 0.342. The first-order valence-corrected chi connectivity index (χ1v) is 6.08. The van der Waals surface area contributed by atoms with E-state index in [-0.39, 0.29) is 18.3 Å². The monoisotopic (exact) mass is 242 g/mol. The number of fused-ring (bicyclic) bond motifs is 1. The smallest absolute Gasteiger partial charge is 0.146 e. The van der Waals surface area contributed by atoms with E-state index in [2.05, 4.69) is 20.4 Å². The summed E-state index contributed by atoms with van der Waals surface area (Å²) in [6.45, 7) is 8.88. The minimum Gasteiger partial charge on any atom is -0.390 e. The van der Waals surface area contributed by atoms with Crippen LogP contribution in [0.3, 0.4) is 0 Å². The first kappa shape index (κ1) is 13.0. The molecule has 1 saturated heterocycles. The first-order chi connectivity index (χ1) is 8.02. The van der Waals surface area contributed by atoms with Crippen molar-refractivity contribution in [3.63, 3.8) is 0 Å². The Morgan fingerprint density at radius 1 is 1.59 bits per heavy atom. The van der Waals surface area contributed by atoms with E-state index in [1.54, 1.807) is 7.11 Å². The van der Waals surface area contributed by atoms with E-state index >= 15 is 0 Å². The molecule has 1 heterocycles. The molecular weight excluding hydrogens is 220 g/mol. The van der Waals surface area contributed by atoms with E-state index in [9.17, 15) is 5.11 Å². The van der Waals surface area contributed by atoms with E-state index in [0.717, 1.165) is 6.42 Å². The van der Waals surface area contributed by atoms with Crippen LogP contribution in [-0.4, -0.2) is 43.4 Å². The van der Waals surface area contributed by atoms with Crippen molar-refractivity contribution in [2.24, 2.45) is 11.3 Å². The highest BCUT2D eigenvalue weighted by atomic mass is 16.7. The molecule has 1 saturated carbocycles. The summed E-state index contributed by atoms with van der Waals surface area (Å²) in [5, 5.41) is 9.99. The van der Waals surface area contributed by atoms with Crippen molar-refractivity contribution in [3.05, 3.63) is 12.7 Å². The molecule has 0 spiro atoms. The Balaban J connectivity index is 2.15. The molecule has 5 atom stereocenters. The second kappa shape index (κ2) is 4.35. The summed E-state index contributed by atoms with van der Waals surface area (Å²) in [7, 11) is 1.59. The molecule has 0 aromatic carbocycles. The highest BCUT2D eigenvalue weighted by Crippen LogP contribution is 2.61. The van der Waals surface area contributed by atoms with Crippen molar-refractivity contribution in [1.29, 1.82) is 0 Å². The van der Waals surface area contributed by atoms with Gasteiger partial charge in [-0.3, -0.25) is 0 Å². The standard InChI is InChI=1S/C13H22O4/c1-5-12(3)9(2)6-10(14)11-13(12,17-11)7-16-8-15-4/h5,9-11,14H,1,6-8H2,2-4H3/t9-,10+,11+,12+,13+/m1/s1. The van der Waals surface area contributed by atoms with Crippen LogP contribution < -0.4 is 0 Å². The summed E-state index contributed by atoms with van der Waals surface area (Å²) in [6, 6.07) is 0. The molecule has 0 unspecified atom stereocenters. The Morgan fingerprint density at radius 2 is 2.29 bits per heavy atom. The fourth-order valence-corrected chi connectivity index (χ4v) is 3.09. The molecule has 2 rings (SSSR count). The molecule has 1 N–H and O–H groups in total. The van der Waals surface area contributed by atoms with E-state index in [1.165, 1.54) is 0 Å². The SMILES string of the molecule is C=C[C@@]1(C)[C@H](C)C[C@H](O)[C@@H]2O[C@@]21COCOC. The Morgan fingerprint density at radius 3 is 2.88 bits per heavy atom. The van der Waals surface area contributed by atoms with Crippen LogP contribution in [0.2, 0.25) is 0 Å². The summed E-state index contributed by atoms with van der Waals surface area (Å²) in [5.74, 6) is 0.319. The van der Waals surface area contributed by atoms with Crippen LogP contribution in [0.1, 0.15) is 20.3 Å². The predicted molar refractivity (Wildman–Crippen MR) is 63.5 cm³/mol. The van der Waals surface area contributed by atoms with Gasteiger partial charge in [-0.15, -0.1) is 6.58 Å². The van der Waals surface area contributed by atoms with Gasteiger partial charge in [-0.05, 0) is 12.3 Å². The molecule has 0 amide bonds. The van der Waals surface area contributed by atoms with E-state index in [1.807, 2.05) is 6.08 Å². The summed E-state index contributed by atoms with van der Waals surface area (Å²) >= 11 is 0.